The maximum Gasteiger partial charge on any atom is 0.255 e. The van der Waals surface area contributed by atoms with Crippen LogP contribution in [0.5, 0.6) is 5.88 Å². The summed E-state index contributed by atoms with van der Waals surface area (Å²) in [5.74, 6) is 1.22. The number of aromatic nitrogens is 3. The minimum absolute atomic E-state index is 0.197. The van der Waals surface area contributed by atoms with Crippen LogP contribution < -0.4 is 10.1 Å². The normalized spacial score (nSPS) is 10.7. The number of pyridine rings is 1. The topological polar surface area (TPSA) is 69.0 Å². The summed E-state index contributed by atoms with van der Waals surface area (Å²) in [6, 6.07) is 8.91. The summed E-state index contributed by atoms with van der Waals surface area (Å²) in [6.07, 6.45) is 1.56. The van der Waals surface area contributed by atoms with Crippen molar-refractivity contribution in [2.24, 2.45) is 7.05 Å². The van der Waals surface area contributed by atoms with E-state index in [9.17, 15) is 4.79 Å². The fourth-order valence-corrected chi connectivity index (χ4v) is 2.24. The number of aryl methyl sites for hydroxylation is 2. The molecule has 6 heteroatoms. The quantitative estimate of drug-likeness (QED) is 0.806. The van der Waals surface area contributed by atoms with Crippen molar-refractivity contribution in [1.82, 2.24) is 14.5 Å². The fraction of sp³-hybridized carbons (Fsp3) is 0.188. The van der Waals surface area contributed by atoms with Crippen molar-refractivity contribution in [1.29, 1.82) is 0 Å². The molecule has 0 aliphatic rings. The second kappa shape index (κ2) is 5.48. The molecular formula is C16H16N4O2. The third kappa shape index (κ3) is 2.50. The zero-order valence-corrected chi connectivity index (χ0v) is 12.6. The van der Waals surface area contributed by atoms with Gasteiger partial charge in [-0.3, -0.25) is 4.79 Å². The number of fused-ring (bicyclic) bond motifs is 1. The molecule has 0 fully saturated rings. The van der Waals surface area contributed by atoms with E-state index < -0.39 is 0 Å². The highest BCUT2D eigenvalue weighted by molar-refractivity contribution is 6.05. The Morgan fingerprint density at radius 1 is 1.27 bits per heavy atom. The van der Waals surface area contributed by atoms with Gasteiger partial charge in [0.25, 0.3) is 5.91 Å². The van der Waals surface area contributed by atoms with Crippen LogP contribution in [-0.2, 0) is 7.05 Å². The highest BCUT2D eigenvalue weighted by atomic mass is 16.5. The van der Waals surface area contributed by atoms with Gasteiger partial charge in [0.05, 0.1) is 30.0 Å². The number of amides is 1. The van der Waals surface area contributed by atoms with Gasteiger partial charge in [0.1, 0.15) is 5.82 Å². The Kier molecular flexibility index (Phi) is 3.50. The molecule has 0 bridgehead atoms. The number of ether oxygens (including phenoxy) is 1. The Balaban J connectivity index is 1.84. The van der Waals surface area contributed by atoms with Gasteiger partial charge in [-0.1, -0.05) is 0 Å². The van der Waals surface area contributed by atoms with Crippen molar-refractivity contribution in [3.05, 3.63) is 47.9 Å². The van der Waals surface area contributed by atoms with Crippen LogP contribution in [0.4, 0.5) is 5.69 Å². The molecule has 0 unspecified atom stereocenters. The van der Waals surface area contributed by atoms with Crippen LogP contribution >= 0.6 is 0 Å². The van der Waals surface area contributed by atoms with E-state index in [1.165, 1.54) is 0 Å². The van der Waals surface area contributed by atoms with Crippen LogP contribution in [-0.4, -0.2) is 27.6 Å². The molecule has 0 spiro atoms. The fourth-order valence-electron chi connectivity index (χ4n) is 2.24. The molecule has 2 heterocycles. The lowest BCUT2D eigenvalue weighted by atomic mass is 10.2. The summed E-state index contributed by atoms with van der Waals surface area (Å²) in [7, 11) is 3.50. The second-order valence-electron chi connectivity index (χ2n) is 4.96. The molecule has 0 saturated carbocycles. The number of anilines is 1. The Labute approximate surface area is 127 Å². The molecule has 0 aliphatic heterocycles. The van der Waals surface area contributed by atoms with E-state index in [2.05, 4.69) is 15.3 Å². The summed E-state index contributed by atoms with van der Waals surface area (Å²) in [6.45, 7) is 1.93. The summed E-state index contributed by atoms with van der Waals surface area (Å²) >= 11 is 0. The lowest BCUT2D eigenvalue weighted by Crippen LogP contribution is -2.12. The first-order chi connectivity index (χ1) is 10.6. The highest BCUT2D eigenvalue weighted by Crippen LogP contribution is 2.18. The van der Waals surface area contributed by atoms with E-state index in [1.54, 1.807) is 37.6 Å². The molecule has 3 rings (SSSR count). The number of carbonyl (C=O) groups excluding carboxylic acids is 1. The lowest BCUT2D eigenvalue weighted by molar-refractivity contribution is 0.102. The molecular weight excluding hydrogens is 280 g/mol. The maximum absolute atomic E-state index is 12.3. The van der Waals surface area contributed by atoms with E-state index in [-0.39, 0.29) is 5.91 Å². The number of carbonyl (C=O) groups is 1. The predicted octanol–water partition coefficient (Wildman–Crippen LogP) is 2.54. The zero-order valence-electron chi connectivity index (χ0n) is 12.6. The first kappa shape index (κ1) is 14.1. The van der Waals surface area contributed by atoms with Gasteiger partial charge in [0, 0.05) is 18.7 Å². The van der Waals surface area contributed by atoms with Crippen LogP contribution in [0, 0.1) is 6.92 Å². The number of benzene rings is 1. The minimum atomic E-state index is -0.197. The predicted molar refractivity (Wildman–Crippen MR) is 84.2 cm³/mol. The van der Waals surface area contributed by atoms with Gasteiger partial charge >= 0.3 is 0 Å². The molecule has 1 N–H and O–H groups in total. The van der Waals surface area contributed by atoms with Gasteiger partial charge < -0.3 is 14.6 Å². The van der Waals surface area contributed by atoms with Crippen molar-refractivity contribution in [3.63, 3.8) is 0 Å². The van der Waals surface area contributed by atoms with Crippen LogP contribution in [0.25, 0.3) is 11.0 Å². The Morgan fingerprint density at radius 2 is 2.09 bits per heavy atom. The average molecular weight is 296 g/mol. The van der Waals surface area contributed by atoms with Crippen LogP contribution in [0.3, 0.4) is 0 Å². The number of rotatable bonds is 3. The second-order valence-corrected chi connectivity index (χ2v) is 4.96. The van der Waals surface area contributed by atoms with Gasteiger partial charge in [-0.15, -0.1) is 0 Å². The van der Waals surface area contributed by atoms with Crippen LogP contribution in [0.15, 0.2) is 36.5 Å². The van der Waals surface area contributed by atoms with Gasteiger partial charge in [-0.05, 0) is 31.2 Å². The number of nitrogens with zero attached hydrogens (tertiary/aromatic N) is 3. The molecule has 0 aliphatic carbocycles. The van der Waals surface area contributed by atoms with E-state index in [0.717, 1.165) is 16.9 Å². The molecule has 1 aromatic carbocycles. The summed E-state index contributed by atoms with van der Waals surface area (Å²) < 4.78 is 6.98. The molecule has 1 amide bonds. The van der Waals surface area contributed by atoms with Crippen LogP contribution in [0.2, 0.25) is 0 Å². The monoisotopic (exact) mass is 296 g/mol. The van der Waals surface area contributed by atoms with Crippen molar-refractivity contribution < 1.29 is 9.53 Å². The lowest BCUT2D eigenvalue weighted by Gasteiger charge is -2.06. The Bertz CT molecular complexity index is 837. The van der Waals surface area contributed by atoms with Gasteiger partial charge in [-0.2, -0.15) is 0 Å². The third-order valence-corrected chi connectivity index (χ3v) is 3.57. The molecule has 3 aromatic rings. The van der Waals surface area contributed by atoms with Gasteiger partial charge in [-0.25, -0.2) is 9.97 Å². The highest BCUT2D eigenvalue weighted by Gasteiger charge is 2.10. The number of hydrogen-bond donors (Lipinski definition) is 1. The molecule has 6 nitrogen and oxygen atoms in total. The number of hydrogen-bond acceptors (Lipinski definition) is 4. The molecule has 0 radical (unpaired) electrons. The Hall–Kier alpha value is -2.89. The van der Waals surface area contributed by atoms with Crippen molar-refractivity contribution in [2.45, 2.75) is 6.92 Å². The average Bonchev–Trinajstić information content (AvgIpc) is 2.82. The largest absolute Gasteiger partial charge is 0.481 e. The number of nitrogens with one attached hydrogen (secondary N) is 1. The molecule has 22 heavy (non-hydrogen) atoms. The van der Waals surface area contributed by atoms with Crippen molar-refractivity contribution >= 4 is 22.6 Å². The first-order valence-electron chi connectivity index (χ1n) is 6.83. The van der Waals surface area contributed by atoms with E-state index in [0.29, 0.717) is 17.1 Å². The minimum Gasteiger partial charge on any atom is -0.481 e. The SMILES string of the molecule is COc1ccc(NC(=O)c2ccc3c(c2)nc(C)n3C)cn1. The number of methoxy groups -OCH3 is 1. The standard InChI is InChI=1S/C16H16N4O2/c1-10-18-13-8-11(4-6-14(13)20(10)2)16(21)19-12-5-7-15(22-3)17-9-12/h4-9H,1-3H3,(H,19,21). The molecule has 112 valence electrons. The summed E-state index contributed by atoms with van der Waals surface area (Å²) in [4.78, 5) is 20.8. The van der Waals surface area contributed by atoms with Gasteiger partial charge in [0.2, 0.25) is 5.88 Å². The number of imidazole rings is 1. The molecule has 0 atom stereocenters. The van der Waals surface area contributed by atoms with Gasteiger partial charge in [0.15, 0.2) is 0 Å². The van der Waals surface area contributed by atoms with E-state index in [1.807, 2.05) is 24.6 Å². The summed E-state index contributed by atoms with van der Waals surface area (Å²) in [5.41, 5.74) is 2.98. The maximum atomic E-state index is 12.3. The molecule has 2 aromatic heterocycles. The van der Waals surface area contributed by atoms with Crippen molar-refractivity contribution in [2.75, 3.05) is 12.4 Å². The first-order valence-corrected chi connectivity index (χ1v) is 6.83. The van der Waals surface area contributed by atoms with Crippen molar-refractivity contribution in [3.8, 4) is 5.88 Å². The smallest absolute Gasteiger partial charge is 0.255 e. The zero-order chi connectivity index (χ0) is 15.7. The third-order valence-electron chi connectivity index (χ3n) is 3.57. The van der Waals surface area contributed by atoms with E-state index >= 15 is 0 Å². The van der Waals surface area contributed by atoms with Crippen LogP contribution in [0.1, 0.15) is 16.2 Å². The summed E-state index contributed by atoms with van der Waals surface area (Å²) in [5, 5.41) is 2.80. The Morgan fingerprint density at radius 3 is 2.77 bits per heavy atom. The van der Waals surface area contributed by atoms with E-state index in [4.69, 9.17) is 4.74 Å². The molecule has 0 saturated heterocycles.